The van der Waals surface area contributed by atoms with Gasteiger partial charge in [-0.15, -0.1) is 0 Å². The monoisotopic (exact) mass is 556 g/mol. The molecule has 3 aromatic rings. The molecule has 0 amide bonds. The molecule has 0 aromatic heterocycles. The molecule has 0 spiro atoms. The summed E-state index contributed by atoms with van der Waals surface area (Å²) in [6, 6.07) is 12.8. The Kier molecular flexibility index (Phi) is 7.37. The third-order valence-electron chi connectivity index (χ3n) is 3.81. The summed E-state index contributed by atoms with van der Waals surface area (Å²) < 4.78 is 1.99. The van der Waals surface area contributed by atoms with Crippen LogP contribution >= 0.6 is 47.8 Å². The van der Waals surface area contributed by atoms with Gasteiger partial charge in [-0.3, -0.25) is 0 Å². The number of hydrogen-bond donors (Lipinski definition) is 3. The highest BCUT2D eigenvalue weighted by molar-refractivity contribution is 9.11. The van der Waals surface area contributed by atoms with Crippen LogP contribution < -0.4 is 0 Å². The third-order valence-corrected chi connectivity index (χ3v) is 5.65. The molecule has 3 aromatic carbocycles. The van der Waals surface area contributed by atoms with Gasteiger partial charge in [0.2, 0.25) is 0 Å². The molecule has 3 N–H and O–H groups in total. The van der Waals surface area contributed by atoms with Gasteiger partial charge in [-0.2, -0.15) is 0 Å². The molecule has 0 aliphatic carbocycles. The van der Waals surface area contributed by atoms with Gasteiger partial charge in [-0.1, -0.05) is 6.07 Å². The van der Waals surface area contributed by atoms with Crippen molar-refractivity contribution in [2.45, 2.75) is 20.8 Å². The zero-order valence-corrected chi connectivity index (χ0v) is 19.8. The van der Waals surface area contributed by atoms with E-state index in [4.69, 9.17) is 5.11 Å². The minimum absolute atomic E-state index is 0.133. The van der Waals surface area contributed by atoms with Crippen molar-refractivity contribution in [3.05, 3.63) is 72.6 Å². The number of aryl methyl sites for hydroxylation is 3. The van der Waals surface area contributed by atoms with Crippen molar-refractivity contribution in [2.24, 2.45) is 0 Å². The van der Waals surface area contributed by atoms with E-state index in [1.54, 1.807) is 6.07 Å². The van der Waals surface area contributed by atoms with Crippen LogP contribution in [0, 0.1) is 20.8 Å². The van der Waals surface area contributed by atoms with Crippen LogP contribution in [0.1, 0.15) is 16.7 Å². The Bertz CT molecular complexity index is 929. The zero-order chi connectivity index (χ0) is 20.3. The first-order valence-corrected chi connectivity index (χ1v) is 10.4. The Morgan fingerprint density at radius 3 is 1.33 bits per heavy atom. The van der Waals surface area contributed by atoms with E-state index >= 15 is 0 Å². The van der Waals surface area contributed by atoms with Crippen LogP contribution in [0.15, 0.2) is 55.9 Å². The van der Waals surface area contributed by atoms with Crippen molar-refractivity contribution >= 4 is 47.8 Å². The molecule has 142 valence electrons. The van der Waals surface area contributed by atoms with Crippen LogP contribution in [-0.2, 0) is 0 Å². The van der Waals surface area contributed by atoms with E-state index in [2.05, 4.69) is 47.8 Å². The van der Waals surface area contributed by atoms with Crippen molar-refractivity contribution in [1.29, 1.82) is 0 Å². The molecule has 3 rings (SSSR count). The summed E-state index contributed by atoms with van der Waals surface area (Å²) in [5.74, 6) is 0.558. The quantitative estimate of drug-likeness (QED) is 0.292. The van der Waals surface area contributed by atoms with Crippen LogP contribution in [0.5, 0.6) is 17.2 Å². The topological polar surface area (TPSA) is 60.7 Å². The van der Waals surface area contributed by atoms with Gasteiger partial charge in [0, 0.05) is 11.1 Å². The molecule has 3 nitrogen and oxygen atoms in total. The van der Waals surface area contributed by atoms with Crippen LogP contribution in [0.3, 0.4) is 0 Å². The number of phenols is 3. The molecule has 0 radical (unpaired) electrons. The Balaban J connectivity index is 0.000000244. The van der Waals surface area contributed by atoms with Crippen LogP contribution in [0.4, 0.5) is 0 Å². The van der Waals surface area contributed by atoms with Gasteiger partial charge in [-0.05, 0) is 122 Å². The lowest BCUT2D eigenvalue weighted by atomic mass is 9.99. The number of hydrogen-bond acceptors (Lipinski definition) is 3. The van der Waals surface area contributed by atoms with Gasteiger partial charge < -0.3 is 15.3 Å². The lowest BCUT2D eigenvalue weighted by Gasteiger charge is -2.12. The van der Waals surface area contributed by atoms with Gasteiger partial charge in [0.15, 0.2) is 0 Å². The van der Waals surface area contributed by atoms with Gasteiger partial charge >= 0.3 is 0 Å². The molecule has 6 heteroatoms. The second kappa shape index (κ2) is 9.13. The number of aromatic hydroxyl groups is 3. The number of phenolic OH excluding ortho intramolecular Hbond substituents is 3. The van der Waals surface area contributed by atoms with Crippen molar-refractivity contribution in [2.75, 3.05) is 0 Å². The van der Waals surface area contributed by atoms with E-state index < -0.39 is 0 Å². The molecule has 0 saturated heterocycles. The van der Waals surface area contributed by atoms with Crippen LogP contribution in [0.25, 0.3) is 11.1 Å². The smallest absolute Gasteiger partial charge is 0.137 e. The van der Waals surface area contributed by atoms with E-state index in [-0.39, 0.29) is 11.5 Å². The van der Waals surface area contributed by atoms with Crippen molar-refractivity contribution in [3.63, 3.8) is 0 Å². The molecular weight excluding hydrogens is 540 g/mol. The average molecular weight is 559 g/mol. The maximum Gasteiger partial charge on any atom is 0.137 e. The summed E-state index contributed by atoms with van der Waals surface area (Å²) in [5, 5.41) is 29.2. The highest BCUT2D eigenvalue weighted by Gasteiger charge is 2.15. The Morgan fingerprint density at radius 2 is 0.963 bits per heavy atom. The van der Waals surface area contributed by atoms with E-state index in [1.165, 1.54) is 0 Å². The van der Waals surface area contributed by atoms with Crippen molar-refractivity contribution < 1.29 is 15.3 Å². The minimum atomic E-state index is 0.133. The lowest BCUT2D eigenvalue weighted by molar-refractivity contribution is 0.465. The van der Waals surface area contributed by atoms with Crippen molar-refractivity contribution in [1.82, 2.24) is 0 Å². The highest BCUT2D eigenvalue weighted by atomic mass is 79.9. The number of rotatable bonds is 1. The fourth-order valence-corrected chi connectivity index (χ4v) is 4.13. The second-order valence-corrected chi connectivity index (χ2v) is 8.80. The lowest BCUT2D eigenvalue weighted by Crippen LogP contribution is -1.86. The molecule has 0 fully saturated rings. The van der Waals surface area contributed by atoms with Gasteiger partial charge in [0.1, 0.15) is 17.2 Å². The third kappa shape index (κ3) is 5.50. The Morgan fingerprint density at radius 1 is 0.556 bits per heavy atom. The van der Waals surface area contributed by atoms with Gasteiger partial charge in [-0.25, -0.2) is 0 Å². The maximum absolute atomic E-state index is 10.1. The summed E-state index contributed by atoms with van der Waals surface area (Å²) in [7, 11) is 0. The largest absolute Gasteiger partial charge is 0.507 e. The molecule has 0 saturated carbocycles. The van der Waals surface area contributed by atoms with E-state index in [1.807, 2.05) is 57.2 Å². The zero-order valence-electron chi connectivity index (χ0n) is 15.0. The first kappa shape index (κ1) is 21.8. The predicted molar refractivity (Wildman–Crippen MR) is 121 cm³/mol. The summed E-state index contributed by atoms with van der Waals surface area (Å²) in [6.07, 6.45) is 0. The van der Waals surface area contributed by atoms with Crippen LogP contribution in [0.2, 0.25) is 0 Å². The van der Waals surface area contributed by atoms with E-state index in [9.17, 15) is 10.2 Å². The van der Waals surface area contributed by atoms with Crippen LogP contribution in [-0.4, -0.2) is 15.3 Å². The molecule has 0 aliphatic heterocycles. The molecule has 0 atom stereocenters. The van der Waals surface area contributed by atoms with E-state index in [0.29, 0.717) is 25.8 Å². The Labute approximate surface area is 184 Å². The SMILES string of the molecule is Cc1cc(Br)c(O)c(-c2cc(C)cc(Br)c2O)c1.Cc1ccc(O)c(Br)c1. The molecule has 0 aliphatic rings. The normalized spacial score (nSPS) is 10.3. The molecule has 0 unspecified atom stereocenters. The average Bonchev–Trinajstić information content (AvgIpc) is 2.58. The summed E-state index contributed by atoms with van der Waals surface area (Å²) in [6.45, 7) is 5.86. The molecule has 27 heavy (non-hydrogen) atoms. The van der Waals surface area contributed by atoms with Gasteiger partial charge in [0.25, 0.3) is 0 Å². The highest BCUT2D eigenvalue weighted by Crippen LogP contribution is 2.43. The minimum Gasteiger partial charge on any atom is -0.507 e. The number of halogens is 3. The molecule has 0 heterocycles. The first-order chi connectivity index (χ1) is 12.6. The fourth-order valence-electron chi connectivity index (χ4n) is 2.49. The summed E-state index contributed by atoms with van der Waals surface area (Å²) in [5.41, 5.74) is 4.38. The van der Waals surface area contributed by atoms with E-state index in [0.717, 1.165) is 21.2 Å². The maximum atomic E-state index is 10.1. The summed E-state index contributed by atoms with van der Waals surface area (Å²) in [4.78, 5) is 0. The second-order valence-electron chi connectivity index (χ2n) is 6.24. The predicted octanol–water partition coefficient (Wildman–Crippen LogP) is 7.37. The standard InChI is InChI=1S/C14H12Br2O2.C7H7BrO/c1-7-3-9(13(17)11(15)5-7)10-4-8(2)6-12(16)14(10)18;1-5-2-3-7(9)6(8)4-5/h3-6,17-18H,1-2H3;2-4,9H,1H3. The summed E-state index contributed by atoms with van der Waals surface area (Å²) >= 11 is 9.82. The van der Waals surface area contributed by atoms with Crippen molar-refractivity contribution in [3.8, 4) is 28.4 Å². The number of benzene rings is 3. The fraction of sp³-hybridized carbons (Fsp3) is 0.143. The molecular formula is C21H19Br3O3. The molecule has 0 bridgehead atoms. The first-order valence-electron chi connectivity index (χ1n) is 8.04. The Hall–Kier alpha value is -1.50. The van der Waals surface area contributed by atoms with Gasteiger partial charge in [0.05, 0.1) is 13.4 Å².